The average Bonchev–Trinajstić information content (AvgIpc) is 3.08. The van der Waals surface area contributed by atoms with E-state index in [1.54, 1.807) is 0 Å². The Hall–Kier alpha value is -1.58. The van der Waals surface area contributed by atoms with Crippen molar-refractivity contribution in [2.24, 2.45) is 5.92 Å². The summed E-state index contributed by atoms with van der Waals surface area (Å²) in [5.41, 5.74) is -0.0192. The Morgan fingerprint density at radius 2 is 2.24 bits per heavy atom. The largest absolute Gasteiger partial charge is 0.508 e. The predicted molar refractivity (Wildman–Crippen MR) is 62.4 cm³/mol. The van der Waals surface area contributed by atoms with Gasteiger partial charge in [-0.3, -0.25) is 4.79 Å². The van der Waals surface area contributed by atoms with E-state index in [1.807, 2.05) is 0 Å². The van der Waals surface area contributed by atoms with Gasteiger partial charge in [-0.15, -0.1) is 0 Å². The van der Waals surface area contributed by atoms with Crippen molar-refractivity contribution in [1.82, 2.24) is 5.32 Å². The monoisotopic (exact) mass is 237 g/mol. The summed E-state index contributed by atoms with van der Waals surface area (Å²) in [6, 6.07) is 3.54. The van der Waals surface area contributed by atoms with Crippen LogP contribution in [0.2, 0.25) is 0 Å². The summed E-state index contributed by atoms with van der Waals surface area (Å²) >= 11 is 0. The summed E-state index contributed by atoms with van der Waals surface area (Å²) in [6.07, 6.45) is 4.69. The number of rotatable bonds is 5. The van der Waals surface area contributed by atoms with Gasteiger partial charge in [-0.05, 0) is 30.9 Å². The number of halogens is 1. The maximum atomic E-state index is 13.3. The molecule has 0 bridgehead atoms. The molecule has 0 heterocycles. The van der Waals surface area contributed by atoms with E-state index in [2.05, 4.69) is 5.32 Å². The number of amides is 1. The van der Waals surface area contributed by atoms with Crippen molar-refractivity contribution in [2.75, 3.05) is 6.54 Å². The second kappa shape index (κ2) is 5.17. The third-order valence-electron chi connectivity index (χ3n) is 2.97. The minimum atomic E-state index is -0.690. The zero-order chi connectivity index (χ0) is 12.3. The highest BCUT2D eigenvalue weighted by Gasteiger charge is 2.20. The average molecular weight is 237 g/mol. The summed E-state index contributed by atoms with van der Waals surface area (Å²) in [7, 11) is 0. The number of carbonyl (C=O) groups excluding carboxylic acids is 1. The molecule has 3 nitrogen and oxygen atoms in total. The van der Waals surface area contributed by atoms with E-state index in [4.69, 9.17) is 5.11 Å². The van der Waals surface area contributed by atoms with Crippen LogP contribution in [0.25, 0.3) is 0 Å². The van der Waals surface area contributed by atoms with Crippen LogP contribution in [-0.4, -0.2) is 17.6 Å². The second-order valence-electron chi connectivity index (χ2n) is 4.51. The molecule has 1 amide bonds. The lowest BCUT2D eigenvalue weighted by molar-refractivity contribution is 0.0949. The zero-order valence-electron chi connectivity index (χ0n) is 9.58. The van der Waals surface area contributed by atoms with Crippen LogP contribution >= 0.6 is 0 Å². The fraction of sp³-hybridized carbons (Fsp3) is 0.462. The molecule has 1 aromatic rings. The lowest BCUT2D eigenvalue weighted by Crippen LogP contribution is -2.25. The van der Waals surface area contributed by atoms with Gasteiger partial charge in [0.05, 0.1) is 5.56 Å². The van der Waals surface area contributed by atoms with Crippen LogP contribution in [0.1, 0.15) is 36.0 Å². The topological polar surface area (TPSA) is 49.3 Å². The van der Waals surface area contributed by atoms with Crippen LogP contribution in [0, 0.1) is 11.7 Å². The molecule has 92 valence electrons. The van der Waals surface area contributed by atoms with E-state index in [0.717, 1.165) is 24.8 Å². The van der Waals surface area contributed by atoms with E-state index in [0.29, 0.717) is 6.54 Å². The maximum Gasteiger partial charge on any atom is 0.254 e. The standard InChI is InChI=1S/C13H16FNO2/c14-12-8-10(16)5-6-11(12)13(17)15-7-1-2-9-3-4-9/h5-6,8-9,16H,1-4,7H2,(H,15,17). The third kappa shape index (κ3) is 3.44. The van der Waals surface area contributed by atoms with E-state index < -0.39 is 11.7 Å². The molecular weight excluding hydrogens is 221 g/mol. The van der Waals surface area contributed by atoms with Crippen molar-refractivity contribution in [3.8, 4) is 5.75 Å². The van der Waals surface area contributed by atoms with Gasteiger partial charge in [0.15, 0.2) is 0 Å². The zero-order valence-corrected chi connectivity index (χ0v) is 9.58. The Kier molecular flexibility index (Phi) is 3.61. The molecule has 0 unspecified atom stereocenters. The normalized spacial score (nSPS) is 14.6. The number of hydrogen-bond donors (Lipinski definition) is 2. The minimum Gasteiger partial charge on any atom is -0.508 e. The van der Waals surface area contributed by atoms with Crippen molar-refractivity contribution in [3.63, 3.8) is 0 Å². The van der Waals surface area contributed by atoms with Gasteiger partial charge in [0.2, 0.25) is 0 Å². The number of phenolic OH excluding ortho intramolecular Hbond substituents is 1. The highest BCUT2D eigenvalue weighted by Crippen LogP contribution is 2.33. The van der Waals surface area contributed by atoms with Crippen molar-refractivity contribution >= 4 is 5.91 Å². The second-order valence-corrected chi connectivity index (χ2v) is 4.51. The Bertz CT molecular complexity index is 416. The van der Waals surface area contributed by atoms with Gasteiger partial charge in [0.1, 0.15) is 11.6 Å². The molecule has 0 aliphatic heterocycles. The van der Waals surface area contributed by atoms with Gasteiger partial charge >= 0.3 is 0 Å². The Morgan fingerprint density at radius 1 is 1.47 bits per heavy atom. The molecule has 0 atom stereocenters. The van der Waals surface area contributed by atoms with Gasteiger partial charge in [-0.1, -0.05) is 12.8 Å². The first kappa shape index (κ1) is 11.9. The third-order valence-corrected chi connectivity index (χ3v) is 2.97. The summed E-state index contributed by atoms with van der Waals surface area (Å²) in [4.78, 5) is 11.6. The molecule has 0 radical (unpaired) electrons. The molecule has 0 spiro atoms. The van der Waals surface area contributed by atoms with Gasteiger partial charge < -0.3 is 10.4 Å². The van der Waals surface area contributed by atoms with E-state index >= 15 is 0 Å². The van der Waals surface area contributed by atoms with Gasteiger partial charge in [-0.2, -0.15) is 0 Å². The van der Waals surface area contributed by atoms with Gasteiger partial charge in [0.25, 0.3) is 5.91 Å². The highest BCUT2D eigenvalue weighted by atomic mass is 19.1. The molecule has 0 aromatic heterocycles. The first-order valence-electron chi connectivity index (χ1n) is 5.93. The SMILES string of the molecule is O=C(NCCCC1CC1)c1ccc(O)cc1F. The van der Waals surface area contributed by atoms with Crippen LogP contribution in [0.15, 0.2) is 18.2 Å². The molecule has 1 aliphatic carbocycles. The molecule has 4 heteroatoms. The maximum absolute atomic E-state index is 13.3. The number of phenols is 1. The lowest BCUT2D eigenvalue weighted by atomic mass is 10.2. The van der Waals surface area contributed by atoms with Crippen LogP contribution < -0.4 is 5.32 Å². The first-order valence-corrected chi connectivity index (χ1v) is 5.93. The van der Waals surface area contributed by atoms with E-state index in [-0.39, 0.29) is 11.3 Å². The number of aromatic hydroxyl groups is 1. The summed E-state index contributed by atoms with van der Waals surface area (Å²) in [5.74, 6) is -0.437. The first-order chi connectivity index (χ1) is 8.16. The Labute approximate surface area is 99.7 Å². The van der Waals surface area contributed by atoms with Crippen LogP contribution in [0.3, 0.4) is 0 Å². The molecule has 1 saturated carbocycles. The lowest BCUT2D eigenvalue weighted by Gasteiger charge is -2.06. The smallest absolute Gasteiger partial charge is 0.254 e. The molecule has 2 rings (SSSR count). The van der Waals surface area contributed by atoms with Crippen molar-refractivity contribution < 1.29 is 14.3 Å². The van der Waals surface area contributed by atoms with Gasteiger partial charge in [0, 0.05) is 12.6 Å². The van der Waals surface area contributed by atoms with Crippen LogP contribution in [0.5, 0.6) is 5.75 Å². The summed E-state index contributed by atoms with van der Waals surface area (Å²) < 4.78 is 13.3. The summed E-state index contributed by atoms with van der Waals surface area (Å²) in [6.45, 7) is 0.579. The molecule has 1 fully saturated rings. The molecular formula is C13H16FNO2. The van der Waals surface area contributed by atoms with Crippen LogP contribution in [0.4, 0.5) is 4.39 Å². The predicted octanol–water partition coefficient (Wildman–Crippen LogP) is 2.45. The number of hydrogen-bond acceptors (Lipinski definition) is 2. The fourth-order valence-corrected chi connectivity index (χ4v) is 1.78. The number of benzene rings is 1. The molecule has 0 saturated heterocycles. The van der Waals surface area contributed by atoms with E-state index in [9.17, 15) is 9.18 Å². The molecule has 2 N–H and O–H groups in total. The fourth-order valence-electron chi connectivity index (χ4n) is 1.78. The van der Waals surface area contributed by atoms with Crippen molar-refractivity contribution in [2.45, 2.75) is 25.7 Å². The van der Waals surface area contributed by atoms with Crippen LogP contribution in [-0.2, 0) is 0 Å². The Balaban J connectivity index is 1.81. The van der Waals surface area contributed by atoms with Crippen molar-refractivity contribution in [1.29, 1.82) is 0 Å². The molecule has 17 heavy (non-hydrogen) atoms. The number of nitrogens with one attached hydrogen (secondary N) is 1. The Morgan fingerprint density at radius 3 is 2.88 bits per heavy atom. The van der Waals surface area contributed by atoms with E-state index in [1.165, 1.54) is 25.0 Å². The molecule has 1 aromatic carbocycles. The van der Waals surface area contributed by atoms with Gasteiger partial charge in [-0.25, -0.2) is 4.39 Å². The van der Waals surface area contributed by atoms with Crippen molar-refractivity contribution in [3.05, 3.63) is 29.6 Å². The molecule has 1 aliphatic rings. The minimum absolute atomic E-state index is 0.0192. The highest BCUT2D eigenvalue weighted by molar-refractivity contribution is 5.94. The quantitative estimate of drug-likeness (QED) is 0.773. The number of carbonyl (C=O) groups is 1. The summed E-state index contributed by atoms with van der Waals surface area (Å²) in [5, 5.41) is 11.7.